The van der Waals surface area contributed by atoms with Crippen LogP contribution in [0.2, 0.25) is 19.6 Å². The van der Waals surface area contributed by atoms with Gasteiger partial charge < -0.3 is 4.35 Å². The molecule has 1 aromatic heterocycles. The van der Waals surface area contributed by atoms with Crippen LogP contribution in [0.1, 0.15) is 11.1 Å². The molecule has 0 bridgehead atoms. The molecule has 1 aliphatic rings. The maximum atomic E-state index is 13.4. The van der Waals surface area contributed by atoms with E-state index in [4.69, 9.17) is 5.10 Å². The van der Waals surface area contributed by atoms with Crippen molar-refractivity contribution in [3.8, 4) is 11.3 Å². The number of para-hydroxylation sites is 1. The average Bonchev–Trinajstić information content (AvgIpc) is 3.00. The topological polar surface area (TPSA) is 55.2 Å². The molecule has 0 N–H and O–H groups in total. The smallest absolute Gasteiger partial charge is 0.264 e. The van der Waals surface area contributed by atoms with Crippen LogP contribution in [-0.4, -0.2) is 32.6 Å². The van der Waals surface area contributed by atoms with Gasteiger partial charge in [-0.05, 0) is 56.7 Å². The molecule has 0 radical (unpaired) electrons. The number of hydrogen-bond donors (Lipinski definition) is 0. The van der Waals surface area contributed by atoms with E-state index in [1.807, 2.05) is 43.3 Å². The molecular weight excluding hydrogens is 386 g/mol. The molecule has 0 amide bonds. The predicted molar refractivity (Wildman–Crippen MR) is 116 cm³/mol. The molecule has 2 heterocycles. The van der Waals surface area contributed by atoms with Crippen LogP contribution in [0.4, 0.5) is 5.69 Å². The van der Waals surface area contributed by atoms with Gasteiger partial charge in [-0.3, -0.25) is 4.31 Å². The molecule has 0 spiro atoms. The molecule has 0 atom stereocenters. The molecule has 0 unspecified atom stereocenters. The summed E-state index contributed by atoms with van der Waals surface area (Å²) in [6.07, 6.45) is 2.75. The summed E-state index contributed by atoms with van der Waals surface area (Å²) in [6.45, 7) is 9.10. The summed E-state index contributed by atoms with van der Waals surface area (Å²) in [5, 5.41) is 4.88. The van der Waals surface area contributed by atoms with Crippen LogP contribution in [0.5, 0.6) is 0 Å². The van der Waals surface area contributed by atoms with E-state index in [-0.39, 0.29) is 0 Å². The van der Waals surface area contributed by atoms with E-state index in [1.54, 1.807) is 12.1 Å². The number of hydrogen-bond acceptors (Lipinski definition) is 3. The molecule has 28 heavy (non-hydrogen) atoms. The zero-order valence-electron chi connectivity index (χ0n) is 16.7. The Kier molecular flexibility index (Phi) is 4.47. The first kappa shape index (κ1) is 19.0. The fourth-order valence-electron chi connectivity index (χ4n) is 3.48. The van der Waals surface area contributed by atoms with Crippen molar-refractivity contribution in [1.29, 1.82) is 0 Å². The number of aromatic nitrogens is 2. The molecule has 7 heteroatoms. The van der Waals surface area contributed by atoms with Crippen LogP contribution >= 0.6 is 0 Å². The van der Waals surface area contributed by atoms with Gasteiger partial charge in [-0.15, -0.1) is 0 Å². The molecule has 1 aliphatic heterocycles. The SMILES string of the molecule is Cc1ccc(S(=O)(=O)N2CCc3cn([Si](C)(C)C)nc3-c3ccccc32)cc1. The highest BCUT2D eigenvalue weighted by Gasteiger charge is 2.32. The normalized spacial score (nSPS) is 14.4. The summed E-state index contributed by atoms with van der Waals surface area (Å²) >= 11 is 0. The van der Waals surface area contributed by atoms with Crippen molar-refractivity contribution >= 4 is 23.9 Å². The number of anilines is 1. The highest BCUT2D eigenvalue weighted by molar-refractivity contribution is 7.92. The monoisotopic (exact) mass is 411 g/mol. The minimum absolute atomic E-state index is 0.319. The van der Waals surface area contributed by atoms with Crippen LogP contribution in [0.3, 0.4) is 0 Å². The maximum Gasteiger partial charge on any atom is 0.264 e. The van der Waals surface area contributed by atoms with E-state index in [2.05, 4.69) is 30.2 Å². The maximum absolute atomic E-state index is 13.4. The Balaban J connectivity index is 1.85. The zero-order chi connectivity index (χ0) is 20.1. The highest BCUT2D eigenvalue weighted by atomic mass is 32.2. The Hall–Kier alpha value is -2.38. The van der Waals surface area contributed by atoms with Gasteiger partial charge in [0.25, 0.3) is 10.0 Å². The second kappa shape index (κ2) is 6.60. The Morgan fingerprint density at radius 2 is 1.68 bits per heavy atom. The van der Waals surface area contributed by atoms with Gasteiger partial charge in [0.05, 0.1) is 16.3 Å². The van der Waals surface area contributed by atoms with Gasteiger partial charge in [-0.1, -0.05) is 35.9 Å². The number of aryl methyl sites for hydroxylation is 1. The lowest BCUT2D eigenvalue weighted by Gasteiger charge is -2.25. The minimum Gasteiger partial charge on any atom is -0.301 e. The number of sulfonamides is 1. The summed E-state index contributed by atoms with van der Waals surface area (Å²) in [7, 11) is -5.27. The fourth-order valence-corrected chi connectivity index (χ4v) is 5.91. The van der Waals surface area contributed by atoms with E-state index in [1.165, 1.54) is 4.31 Å². The third kappa shape index (κ3) is 3.18. The number of nitrogens with zero attached hydrogens (tertiary/aromatic N) is 3. The molecule has 0 aliphatic carbocycles. The molecule has 0 fully saturated rings. The van der Waals surface area contributed by atoms with Gasteiger partial charge in [0.2, 0.25) is 0 Å². The van der Waals surface area contributed by atoms with E-state index < -0.39 is 18.3 Å². The first-order valence-corrected chi connectivity index (χ1v) is 14.3. The van der Waals surface area contributed by atoms with E-state index in [9.17, 15) is 8.42 Å². The number of fused-ring (bicyclic) bond motifs is 3. The molecule has 5 nitrogen and oxygen atoms in total. The lowest BCUT2D eigenvalue weighted by atomic mass is 10.1. The Labute approximate surface area is 167 Å². The highest BCUT2D eigenvalue weighted by Crippen LogP contribution is 2.38. The van der Waals surface area contributed by atoms with Crippen LogP contribution in [0, 0.1) is 6.92 Å². The van der Waals surface area contributed by atoms with Gasteiger partial charge in [-0.2, -0.15) is 5.10 Å². The molecular formula is C21H25N3O2SSi. The summed E-state index contributed by atoms with van der Waals surface area (Å²) in [4.78, 5) is 0.319. The quantitative estimate of drug-likeness (QED) is 0.604. The molecule has 2 aromatic carbocycles. The summed E-state index contributed by atoms with van der Waals surface area (Å²) in [5.41, 5.74) is 4.62. The van der Waals surface area contributed by atoms with Crippen molar-refractivity contribution in [3.63, 3.8) is 0 Å². The summed E-state index contributed by atoms with van der Waals surface area (Å²) in [6, 6.07) is 14.7. The van der Waals surface area contributed by atoms with Crippen molar-refractivity contribution < 1.29 is 8.42 Å². The van der Waals surface area contributed by atoms with Gasteiger partial charge >= 0.3 is 0 Å². The van der Waals surface area contributed by atoms with Gasteiger partial charge in [0.15, 0.2) is 8.24 Å². The van der Waals surface area contributed by atoms with Crippen molar-refractivity contribution in [2.75, 3.05) is 10.8 Å². The molecule has 0 saturated heterocycles. The van der Waals surface area contributed by atoms with Gasteiger partial charge in [0.1, 0.15) is 0 Å². The minimum atomic E-state index is -3.64. The van der Waals surface area contributed by atoms with Gasteiger partial charge in [0, 0.05) is 18.3 Å². The van der Waals surface area contributed by atoms with Crippen molar-refractivity contribution in [1.82, 2.24) is 9.45 Å². The third-order valence-corrected chi connectivity index (χ3v) is 8.53. The van der Waals surface area contributed by atoms with Gasteiger partial charge in [-0.25, -0.2) is 8.42 Å². The molecule has 3 aromatic rings. The molecule has 0 saturated carbocycles. The van der Waals surface area contributed by atoms with E-state index in [0.717, 1.165) is 22.4 Å². The fraction of sp³-hybridized carbons (Fsp3) is 0.286. The lowest BCUT2D eigenvalue weighted by Crippen LogP contribution is -2.33. The zero-order valence-corrected chi connectivity index (χ0v) is 18.5. The predicted octanol–water partition coefficient (Wildman–Crippen LogP) is 4.29. The summed E-state index contributed by atoms with van der Waals surface area (Å²) < 4.78 is 30.5. The van der Waals surface area contributed by atoms with E-state index in [0.29, 0.717) is 23.5 Å². The summed E-state index contributed by atoms with van der Waals surface area (Å²) in [5.74, 6) is 0. The van der Waals surface area contributed by atoms with Crippen molar-refractivity contribution in [3.05, 3.63) is 65.9 Å². The molecule has 4 rings (SSSR count). The Morgan fingerprint density at radius 3 is 2.36 bits per heavy atom. The van der Waals surface area contributed by atoms with Crippen LogP contribution in [0.15, 0.2) is 59.6 Å². The van der Waals surface area contributed by atoms with Crippen LogP contribution in [-0.2, 0) is 16.4 Å². The number of rotatable bonds is 3. The first-order valence-electron chi connectivity index (χ1n) is 9.46. The van der Waals surface area contributed by atoms with Crippen molar-refractivity contribution in [2.24, 2.45) is 0 Å². The number of benzene rings is 2. The van der Waals surface area contributed by atoms with Crippen LogP contribution < -0.4 is 4.31 Å². The van der Waals surface area contributed by atoms with Crippen molar-refractivity contribution in [2.45, 2.75) is 37.9 Å². The Bertz CT molecular complexity index is 1130. The molecule has 146 valence electrons. The lowest BCUT2D eigenvalue weighted by molar-refractivity contribution is 0.591. The first-order chi connectivity index (χ1) is 13.2. The van der Waals surface area contributed by atoms with Crippen LogP contribution in [0.25, 0.3) is 11.3 Å². The average molecular weight is 412 g/mol. The second-order valence-corrected chi connectivity index (χ2v) is 14.9. The third-order valence-electron chi connectivity index (χ3n) is 5.10. The Morgan fingerprint density at radius 1 is 1.00 bits per heavy atom. The largest absolute Gasteiger partial charge is 0.301 e. The standard InChI is InChI=1S/C21H25N3O2SSi/c1-16-9-11-18(12-10-16)27(25,26)23-14-13-17-15-24(28(2,3)4)22-21(17)19-7-5-6-8-20(19)23/h5-12,15H,13-14H2,1-4H3. The van der Waals surface area contributed by atoms with E-state index >= 15 is 0 Å². The second-order valence-electron chi connectivity index (χ2n) is 8.28.